The Kier molecular flexibility index (Phi) is 3.00. The van der Waals surface area contributed by atoms with Gasteiger partial charge in [-0.2, -0.15) is 0 Å². The molecule has 2 N–H and O–H groups in total. The summed E-state index contributed by atoms with van der Waals surface area (Å²) < 4.78 is 24.1. The van der Waals surface area contributed by atoms with Gasteiger partial charge in [0.2, 0.25) is 0 Å². The van der Waals surface area contributed by atoms with Gasteiger partial charge in [-0.3, -0.25) is 0 Å². The fourth-order valence-electron chi connectivity index (χ4n) is 1.50. The lowest BCUT2D eigenvalue weighted by Gasteiger charge is -2.11. The van der Waals surface area contributed by atoms with Gasteiger partial charge in [0.1, 0.15) is 5.82 Å². The van der Waals surface area contributed by atoms with E-state index in [0.29, 0.717) is 24.3 Å². The van der Waals surface area contributed by atoms with E-state index < -0.39 is 6.29 Å². The zero-order chi connectivity index (χ0) is 10.8. The van der Waals surface area contributed by atoms with Gasteiger partial charge in [0.15, 0.2) is 6.29 Å². The van der Waals surface area contributed by atoms with Crippen LogP contribution in [0.1, 0.15) is 17.4 Å². The van der Waals surface area contributed by atoms with Crippen LogP contribution in [0.15, 0.2) is 18.2 Å². The Morgan fingerprint density at radius 3 is 2.93 bits per heavy atom. The minimum Gasteiger partial charge on any atom is -0.346 e. The minimum absolute atomic E-state index is 0.0839. The smallest absolute Gasteiger partial charge is 0.184 e. The van der Waals surface area contributed by atoms with Crippen molar-refractivity contribution in [3.05, 3.63) is 35.1 Å². The molecule has 15 heavy (non-hydrogen) atoms. The summed E-state index contributed by atoms with van der Waals surface area (Å²) in [7, 11) is 0. The van der Waals surface area contributed by atoms with Crippen molar-refractivity contribution in [2.24, 2.45) is 5.73 Å². The van der Waals surface area contributed by atoms with Crippen LogP contribution in [0.3, 0.4) is 0 Å². The molecule has 0 amide bonds. The van der Waals surface area contributed by atoms with Gasteiger partial charge in [-0.1, -0.05) is 12.1 Å². The molecule has 0 bridgehead atoms. The van der Waals surface area contributed by atoms with Gasteiger partial charge in [0.25, 0.3) is 0 Å². The maximum Gasteiger partial charge on any atom is 0.184 e. The number of hydrogen-bond donors (Lipinski definition) is 1. The molecule has 1 fully saturated rings. The highest BCUT2D eigenvalue weighted by Crippen LogP contribution is 2.27. The number of halogens is 1. The average Bonchev–Trinajstić information content (AvgIpc) is 2.70. The van der Waals surface area contributed by atoms with Crippen molar-refractivity contribution in [3.63, 3.8) is 0 Å². The van der Waals surface area contributed by atoms with Gasteiger partial charge in [-0.25, -0.2) is 4.39 Å². The lowest BCUT2D eigenvalue weighted by molar-refractivity contribution is -0.0587. The van der Waals surface area contributed by atoms with Crippen LogP contribution < -0.4 is 5.73 Å². The minimum atomic E-state index is -0.478. The molecule has 1 aliphatic heterocycles. The molecule has 2 unspecified atom stereocenters. The number of rotatable bonds is 2. The topological polar surface area (TPSA) is 44.5 Å². The molecule has 0 aliphatic carbocycles. The van der Waals surface area contributed by atoms with E-state index >= 15 is 0 Å². The number of benzene rings is 1. The molecule has 82 valence electrons. The lowest BCUT2D eigenvalue weighted by atomic mass is 10.1. The van der Waals surface area contributed by atoms with E-state index in [4.69, 9.17) is 15.2 Å². The Hall–Kier alpha value is -0.970. The molecule has 0 spiro atoms. The first kappa shape index (κ1) is 10.5. The lowest BCUT2D eigenvalue weighted by Crippen LogP contribution is -2.21. The molecule has 4 heteroatoms. The van der Waals surface area contributed by atoms with Crippen LogP contribution in [0.25, 0.3) is 0 Å². The standard InChI is InChI=1S/C11H14FNO2/c1-7-2-3-8(4-10(7)12)11-14-6-9(5-13)15-11/h2-4,9,11H,5-6,13H2,1H3. The molecule has 1 aromatic carbocycles. The van der Waals surface area contributed by atoms with Crippen molar-refractivity contribution in [2.45, 2.75) is 19.3 Å². The molecular weight excluding hydrogens is 197 g/mol. The molecule has 2 rings (SSSR count). The second-order valence-electron chi connectivity index (χ2n) is 3.67. The maximum absolute atomic E-state index is 13.3. The van der Waals surface area contributed by atoms with Crippen LogP contribution in [0.4, 0.5) is 4.39 Å². The monoisotopic (exact) mass is 211 g/mol. The van der Waals surface area contributed by atoms with Gasteiger partial charge in [-0.05, 0) is 18.6 Å². The average molecular weight is 211 g/mol. The third kappa shape index (κ3) is 2.17. The first-order valence-corrected chi connectivity index (χ1v) is 4.94. The summed E-state index contributed by atoms with van der Waals surface area (Å²) in [4.78, 5) is 0. The molecule has 1 heterocycles. The summed E-state index contributed by atoms with van der Waals surface area (Å²) in [6.07, 6.45) is -0.562. The summed E-state index contributed by atoms with van der Waals surface area (Å²) >= 11 is 0. The quantitative estimate of drug-likeness (QED) is 0.806. The second kappa shape index (κ2) is 4.26. The number of hydrogen-bond acceptors (Lipinski definition) is 3. The van der Waals surface area contributed by atoms with Crippen LogP contribution in [-0.4, -0.2) is 19.3 Å². The van der Waals surface area contributed by atoms with Crippen molar-refractivity contribution >= 4 is 0 Å². The molecule has 1 aromatic rings. The largest absolute Gasteiger partial charge is 0.346 e. The summed E-state index contributed by atoms with van der Waals surface area (Å²) in [5.74, 6) is -0.240. The van der Waals surface area contributed by atoms with Crippen LogP contribution in [0, 0.1) is 12.7 Å². The Balaban J connectivity index is 2.13. The van der Waals surface area contributed by atoms with E-state index in [9.17, 15) is 4.39 Å². The SMILES string of the molecule is Cc1ccc(C2OCC(CN)O2)cc1F. The van der Waals surface area contributed by atoms with Crippen LogP contribution in [0.2, 0.25) is 0 Å². The predicted octanol–water partition coefficient (Wildman–Crippen LogP) is 1.51. The second-order valence-corrected chi connectivity index (χ2v) is 3.67. The first-order chi connectivity index (χ1) is 7.20. The Bertz CT molecular complexity index is 356. The molecule has 1 aliphatic rings. The summed E-state index contributed by atoms with van der Waals surface area (Å²) in [5.41, 5.74) is 6.77. The number of aryl methyl sites for hydroxylation is 1. The Morgan fingerprint density at radius 1 is 1.53 bits per heavy atom. The van der Waals surface area contributed by atoms with Crippen molar-refractivity contribution in [1.29, 1.82) is 0 Å². The zero-order valence-corrected chi connectivity index (χ0v) is 8.57. The number of nitrogens with two attached hydrogens (primary N) is 1. The van der Waals surface area contributed by atoms with E-state index in [1.807, 2.05) is 6.07 Å². The van der Waals surface area contributed by atoms with E-state index in [2.05, 4.69) is 0 Å². The van der Waals surface area contributed by atoms with Crippen LogP contribution in [-0.2, 0) is 9.47 Å². The van der Waals surface area contributed by atoms with E-state index in [1.54, 1.807) is 13.0 Å². The summed E-state index contributed by atoms with van der Waals surface area (Å²) in [5, 5.41) is 0. The highest BCUT2D eigenvalue weighted by Gasteiger charge is 2.26. The fraction of sp³-hybridized carbons (Fsp3) is 0.455. The van der Waals surface area contributed by atoms with Gasteiger partial charge in [0, 0.05) is 12.1 Å². The fourth-order valence-corrected chi connectivity index (χ4v) is 1.50. The molecular formula is C11H14FNO2. The highest BCUT2D eigenvalue weighted by atomic mass is 19.1. The molecule has 0 aromatic heterocycles. The van der Waals surface area contributed by atoms with Gasteiger partial charge < -0.3 is 15.2 Å². The van der Waals surface area contributed by atoms with Gasteiger partial charge in [0.05, 0.1) is 12.7 Å². The van der Waals surface area contributed by atoms with E-state index in [-0.39, 0.29) is 11.9 Å². The van der Waals surface area contributed by atoms with Crippen molar-refractivity contribution in [2.75, 3.05) is 13.2 Å². The van der Waals surface area contributed by atoms with Crippen molar-refractivity contribution in [3.8, 4) is 0 Å². The summed E-state index contributed by atoms with van der Waals surface area (Å²) in [6, 6.07) is 4.97. The Labute approximate surface area is 88.0 Å². The van der Waals surface area contributed by atoms with Crippen LogP contribution >= 0.6 is 0 Å². The molecule has 3 nitrogen and oxygen atoms in total. The van der Waals surface area contributed by atoms with E-state index in [0.717, 1.165) is 0 Å². The number of ether oxygens (including phenoxy) is 2. The summed E-state index contributed by atoms with van der Waals surface area (Å²) in [6.45, 7) is 2.61. The van der Waals surface area contributed by atoms with Gasteiger partial charge >= 0.3 is 0 Å². The molecule has 2 atom stereocenters. The Morgan fingerprint density at radius 2 is 2.33 bits per heavy atom. The predicted molar refractivity (Wildman–Crippen MR) is 53.8 cm³/mol. The van der Waals surface area contributed by atoms with Crippen molar-refractivity contribution < 1.29 is 13.9 Å². The van der Waals surface area contributed by atoms with Crippen LogP contribution in [0.5, 0.6) is 0 Å². The van der Waals surface area contributed by atoms with Gasteiger partial charge in [-0.15, -0.1) is 0 Å². The molecule has 0 radical (unpaired) electrons. The van der Waals surface area contributed by atoms with Crippen molar-refractivity contribution in [1.82, 2.24) is 0 Å². The van der Waals surface area contributed by atoms with E-state index in [1.165, 1.54) is 6.07 Å². The zero-order valence-electron chi connectivity index (χ0n) is 8.57. The molecule has 1 saturated heterocycles. The maximum atomic E-state index is 13.3. The normalized spacial score (nSPS) is 25.8. The molecule has 0 saturated carbocycles. The third-order valence-corrected chi connectivity index (χ3v) is 2.48. The third-order valence-electron chi connectivity index (χ3n) is 2.48. The first-order valence-electron chi connectivity index (χ1n) is 4.94. The highest BCUT2D eigenvalue weighted by molar-refractivity contribution is 5.24.